The van der Waals surface area contributed by atoms with E-state index < -0.39 is 0 Å². The predicted octanol–water partition coefficient (Wildman–Crippen LogP) is 15.2. The minimum absolute atomic E-state index is 0.140. The van der Waals surface area contributed by atoms with Gasteiger partial charge in [0, 0.05) is 136 Å². The van der Waals surface area contributed by atoms with Gasteiger partial charge in [-0.1, -0.05) is 109 Å². The van der Waals surface area contributed by atoms with Crippen molar-refractivity contribution in [1.29, 1.82) is 0 Å². The summed E-state index contributed by atoms with van der Waals surface area (Å²) in [6.45, 7) is 0. The van der Waals surface area contributed by atoms with Crippen molar-refractivity contribution in [3.8, 4) is 0 Å². The highest BCUT2D eigenvalue weighted by molar-refractivity contribution is 6.09. The third kappa shape index (κ3) is 5.72. The van der Waals surface area contributed by atoms with E-state index in [1.807, 2.05) is 0 Å². The SMILES string of the molecule is C1=CC2CCC1c1cc3c(cc12)=CC1C2=Cc4[nH]c(c5cc6cc7c(cc6cc45)C4C=CC7CC4)C=c4[nH]c(c5cc6cc7c(cc6cc45)C4C=CC7CC4)=Cc4[nH]c(c5cc6cc7c(cc6cc45)C4C=CC7CC4)C=C(N2)C1C=3. The highest BCUT2D eigenvalue weighted by atomic mass is 15.0. The molecule has 1 fully saturated rings. The number of benzene rings is 7. The number of hydrogen-bond acceptors (Lipinski definition) is 1. The maximum Gasteiger partial charge on any atom is 0.0486 e. The lowest BCUT2D eigenvalue weighted by Gasteiger charge is -2.34. The van der Waals surface area contributed by atoms with Crippen molar-refractivity contribution in [3.05, 3.63) is 233 Å². The summed E-state index contributed by atoms with van der Waals surface area (Å²) in [6, 6.07) is 35.4. The van der Waals surface area contributed by atoms with Crippen LogP contribution >= 0.6 is 0 Å². The minimum Gasteiger partial charge on any atom is -0.361 e. The van der Waals surface area contributed by atoms with Crippen molar-refractivity contribution in [1.82, 2.24) is 20.3 Å². The largest absolute Gasteiger partial charge is 0.361 e. The average molecular weight is 1030 g/mol. The van der Waals surface area contributed by atoms with Gasteiger partial charge in [0.2, 0.25) is 0 Å². The summed E-state index contributed by atoms with van der Waals surface area (Å²) >= 11 is 0. The fraction of sp³-hybridized carbons (Fsp3) is 0.237. The number of nitrogens with one attached hydrogen (secondary N) is 4. The molecule has 25 rings (SSSR count). The van der Waals surface area contributed by atoms with Crippen molar-refractivity contribution in [2.75, 3.05) is 0 Å². The van der Waals surface area contributed by atoms with E-state index in [1.54, 1.807) is 11.1 Å². The van der Waals surface area contributed by atoms with E-state index in [-0.39, 0.29) is 11.8 Å². The van der Waals surface area contributed by atoms with E-state index in [0.29, 0.717) is 47.3 Å². The van der Waals surface area contributed by atoms with Gasteiger partial charge in [-0.25, -0.2) is 0 Å². The molecule has 0 saturated carbocycles. The van der Waals surface area contributed by atoms with E-state index in [1.165, 1.54) is 171 Å². The van der Waals surface area contributed by atoms with E-state index in [0.717, 1.165) is 33.5 Å². The van der Waals surface area contributed by atoms with Crippen LogP contribution in [0.4, 0.5) is 0 Å². The Hall–Kier alpha value is -8.34. The minimum atomic E-state index is 0.140. The van der Waals surface area contributed by atoms with E-state index >= 15 is 0 Å². The lowest BCUT2D eigenvalue weighted by Crippen LogP contribution is -2.35. The smallest absolute Gasteiger partial charge is 0.0486 e. The monoisotopic (exact) mass is 1030 g/mol. The lowest BCUT2D eigenvalue weighted by molar-refractivity contribution is 0.552. The summed E-state index contributed by atoms with van der Waals surface area (Å²) in [4.78, 5) is 12.5. The quantitative estimate of drug-likeness (QED) is 0.112. The number of aromatic amines is 3. The van der Waals surface area contributed by atoms with Crippen LogP contribution in [0.1, 0.15) is 166 Å². The molecule has 2 aliphatic heterocycles. The van der Waals surface area contributed by atoms with Crippen LogP contribution in [0.5, 0.6) is 0 Å². The Labute approximate surface area is 462 Å². The predicted molar refractivity (Wildman–Crippen MR) is 330 cm³/mol. The topological polar surface area (TPSA) is 59.4 Å². The Morgan fingerprint density at radius 2 is 0.525 bits per heavy atom. The molecule has 382 valence electrons. The Kier molecular flexibility index (Phi) is 7.94. The molecule has 10 atom stereocenters. The lowest BCUT2D eigenvalue weighted by atomic mass is 9.70. The summed E-state index contributed by atoms with van der Waals surface area (Å²) in [5.41, 5.74) is 19.4. The highest BCUT2D eigenvalue weighted by Gasteiger charge is 2.38. The molecule has 0 spiro atoms. The van der Waals surface area contributed by atoms with Crippen LogP contribution in [-0.4, -0.2) is 15.0 Å². The zero-order chi connectivity index (χ0) is 51.4. The zero-order valence-corrected chi connectivity index (χ0v) is 44.6. The number of aromatic nitrogens is 3. The highest BCUT2D eigenvalue weighted by Crippen LogP contribution is 2.51. The van der Waals surface area contributed by atoms with Gasteiger partial charge in [0.25, 0.3) is 0 Å². The maximum absolute atomic E-state index is 4.21. The molecule has 5 heterocycles. The Balaban J connectivity index is 0.861. The molecule has 10 aromatic rings. The first-order valence-electron chi connectivity index (χ1n) is 30.4. The number of H-pyrrole nitrogens is 3. The molecule has 10 unspecified atom stereocenters. The third-order valence-electron chi connectivity index (χ3n) is 22.3. The van der Waals surface area contributed by atoms with Crippen molar-refractivity contribution in [2.24, 2.45) is 11.8 Å². The third-order valence-corrected chi connectivity index (χ3v) is 22.3. The number of allylic oxidation sites excluding steroid dienone is 10. The molecule has 13 aliphatic carbocycles. The van der Waals surface area contributed by atoms with Gasteiger partial charge in [-0.15, -0.1) is 0 Å². The molecule has 80 heavy (non-hydrogen) atoms. The van der Waals surface area contributed by atoms with Crippen molar-refractivity contribution < 1.29 is 0 Å². The van der Waals surface area contributed by atoms with Gasteiger partial charge in [-0.05, 0) is 199 Å². The van der Waals surface area contributed by atoms with Gasteiger partial charge in [0.1, 0.15) is 0 Å². The molecule has 0 radical (unpaired) electrons. The summed E-state index contributed by atoms with van der Waals surface area (Å²) in [5, 5.41) is 24.8. The van der Waals surface area contributed by atoms with Gasteiger partial charge >= 0.3 is 0 Å². The molecular weight excluding hydrogens is 969 g/mol. The van der Waals surface area contributed by atoms with Gasteiger partial charge in [-0.3, -0.25) is 0 Å². The van der Waals surface area contributed by atoms with Gasteiger partial charge < -0.3 is 20.3 Å². The molecule has 15 aliphatic rings. The number of fused-ring (bicyclic) bond motifs is 28. The van der Waals surface area contributed by atoms with E-state index in [2.05, 4.69) is 190 Å². The molecule has 1 saturated heterocycles. The van der Waals surface area contributed by atoms with Gasteiger partial charge in [-0.2, -0.15) is 0 Å². The van der Waals surface area contributed by atoms with Crippen molar-refractivity contribution in [2.45, 2.75) is 98.7 Å². The van der Waals surface area contributed by atoms with Crippen LogP contribution in [0.25, 0.3) is 101 Å². The van der Waals surface area contributed by atoms with Crippen LogP contribution in [0.3, 0.4) is 0 Å². The van der Waals surface area contributed by atoms with Gasteiger partial charge in [0.15, 0.2) is 0 Å². The normalized spacial score (nSPS) is 27.8. The molecule has 3 aromatic heterocycles. The molecule has 0 amide bonds. The second-order valence-electron chi connectivity index (χ2n) is 26.3. The second kappa shape index (κ2) is 14.9. The summed E-state index contributed by atoms with van der Waals surface area (Å²) in [7, 11) is 0. The molecule has 4 heteroatoms. The molecular formula is C76H58N4. The molecule has 4 N–H and O–H groups in total. The first kappa shape index (κ1) is 42.6. The first-order valence-corrected chi connectivity index (χ1v) is 30.4. The maximum atomic E-state index is 4.21. The zero-order valence-electron chi connectivity index (χ0n) is 44.6. The fourth-order valence-corrected chi connectivity index (χ4v) is 18.3. The molecule has 7 aromatic carbocycles. The Morgan fingerprint density at radius 1 is 0.263 bits per heavy atom. The van der Waals surface area contributed by atoms with Crippen molar-refractivity contribution in [3.63, 3.8) is 0 Å². The van der Waals surface area contributed by atoms with Crippen LogP contribution in [0.2, 0.25) is 0 Å². The number of hydrogen-bond donors (Lipinski definition) is 4. The second-order valence-corrected chi connectivity index (χ2v) is 26.3. The summed E-state index contributed by atoms with van der Waals surface area (Å²) in [6.07, 6.45) is 44.9. The average Bonchev–Trinajstić information content (AvgIpc) is 4.24. The van der Waals surface area contributed by atoms with E-state index in [9.17, 15) is 0 Å². The fourth-order valence-electron chi connectivity index (χ4n) is 18.3. The van der Waals surface area contributed by atoms with Crippen LogP contribution in [-0.2, 0) is 0 Å². The molecule has 16 bridgehead atoms. The standard InChI is InChI=1S/C76H58N4/c1-2-38-4-3-37(1)53-17-45-25-61-62(26-46(45)18-54(38)53)70-34-72-65-29-49-21-57-41-9-11-42(12-10-41)58(57)22-50(49)30-66(65)74(79-72)36-76-68-32-52-24-60-44-15-13-43(14-16-44)59(60)23-51(52)31-67(68)75(80-76)35-73-64-28-48-20-56-40-7-5-39(6-8-40)55(56)19-47(48)27-63(64)71(78-73)33-69(61)77-70/h1-2,5,7,9,11,13,15,17-44,61-62,77-80H,3-4,6,8,10,12,14,16H2. The Bertz CT molecular complexity index is 4810. The van der Waals surface area contributed by atoms with Gasteiger partial charge in [0.05, 0.1) is 0 Å². The summed E-state index contributed by atoms with van der Waals surface area (Å²) < 4.78 is 0. The molecule has 4 nitrogen and oxygen atoms in total. The first-order chi connectivity index (χ1) is 39.5. The van der Waals surface area contributed by atoms with Crippen LogP contribution < -0.4 is 26.5 Å². The summed E-state index contributed by atoms with van der Waals surface area (Å²) in [5.74, 6) is 4.42. The Morgan fingerprint density at radius 3 is 0.812 bits per heavy atom. The van der Waals surface area contributed by atoms with Crippen molar-refractivity contribution >= 4 is 101 Å². The van der Waals surface area contributed by atoms with Crippen LogP contribution in [0, 0.1) is 11.8 Å². The number of rotatable bonds is 0. The van der Waals surface area contributed by atoms with E-state index in [4.69, 9.17) is 0 Å². The van der Waals surface area contributed by atoms with Crippen LogP contribution in [0.15, 0.2) is 145 Å².